The van der Waals surface area contributed by atoms with Crippen LogP contribution in [0.4, 0.5) is 0 Å². The molecule has 0 aromatic carbocycles. The van der Waals surface area contributed by atoms with Crippen LogP contribution in [0, 0.1) is 5.41 Å². The van der Waals surface area contributed by atoms with Gasteiger partial charge in [0.1, 0.15) is 0 Å². The summed E-state index contributed by atoms with van der Waals surface area (Å²) in [6, 6.07) is 0.191. The van der Waals surface area contributed by atoms with E-state index >= 15 is 0 Å². The van der Waals surface area contributed by atoms with E-state index in [4.69, 9.17) is 5.73 Å². The first kappa shape index (κ1) is 18.0. The minimum Gasteiger partial charge on any atom is -0.356 e. The Bertz CT molecular complexity index is 338. The number of amides is 2. The Labute approximate surface area is 128 Å². The molecule has 0 bridgehead atoms. The van der Waals surface area contributed by atoms with Gasteiger partial charge in [-0.3, -0.25) is 9.59 Å². The van der Waals surface area contributed by atoms with Crippen LogP contribution in [0.15, 0.2) is 0 Å². The maximum atomic E-state index is 12.0. The molecule has 0 aliphatic heterocycles. The summed E-state index contributed by atoms with van der Waals surface area (Å²) in [5.74, 6) is 0.0227. The lowest BCUT2D eigenvalue weighted by atomic mass is 9.71. The van der Waals surface area contributed by atoms with Crippen molar-refractivity contribution in [1.82, 2.24) is 10.6 Å². The lowest BCUT2D eigenvalue weighted by Gasteiger charge is -2.35. The van der Waals surface area contributed by atoms with Crippen LogP contribution in [0.3, 0.4) is 0 Å². The summed E-state index contributed by atoms with van der Waals surface area (Å²) in [7, 11) is 0. The zero-order valence-corrected chi connectivity index (χ0v) is 13.5. The molecule has 2 amide bonds. The average Bonchev–Trinajstić information content (AvgIpc) is 2.47. The van der Waals surface area contributed by atoms with Crippen LogP contribution >= 0.6 is 0 Å². The predicted molar refractivity (Wildman–Crippen MR) is 84.7 cm³/mol. The SMILES string of the molecule is CCC(C)NC(=O)CCNC(=O)CC1(CN)CCCCC1. The first-order valence-corrected chi connectivity index (χ1v) is 8.27. The zero-order valence-electron chi connectivity index (χ0n) is 13.5. The molecule has 1 aliphatic carbocycles. The van der Waals surface area contributed by atoms with Crippen molar-refractivity contribution < 1.29 is 9.59 Å². The molecule has 0 spiro atoms. The summed E-state index contributed by atoms with van der Waals surface area (Å²) >= 11 is 0. The maximum absolute atomic E-state index is 12.0. The molecular weight excluding hydrogens is 266 g/mol. The molecular formula is C16H31N3O2. The van der Waals surface area contributed by atoms with Gasteiger partial charge in [-0.2, -0.15) is 0 Å². The molecule has 1 rings (SSSR count). The standard InChI is InChI=1S/C16H31N3O2/c1-3-13(2)19-14(20)7-10-18-15(21)11-16(12-17)8-5-4-6-9-16/h13H,3-12,17H2,1-2H3,(H,18,21)(H,19,20). The first-order chi connectivity index (χ1) is 10.0. The van der Waals surface area contributed by atoms with E-state index in [9.17, 15) is 9.59 Å². The van der Waals surface area contributed by atoms with Crippen LogP contribution in [0.5, 0.6) is 0 Å². The second kappa shape index (κ2) is 9.03. The van der Waals surface area contributed by atoms with Crippen molar-refractivity contribution in [2.45, 2.75) is 71.3 Å². The third-order valence-corrected chi connectivity index (χ3v) is 4.58. The molecule has 1 fully saturated rings. The second-order valence-corrected chi connectivity index (χ2v) is 6.42. The average molecular weight is 297 g/mol. The number of nitrogens with one attached hydrogen (secondary N) is 2. The minimum absolute atomic E-state index is 0.00384. The molecule has 5 nitrogen and oxygen atoms in total. The van der Waals surface area contributed by atoms with Gasteiger partial charge in [-0.15, -0.1) is 0 Å². The van der Waals surface area contributed by atoms with E-state index in [0.717, 1.165) is 19.3 Å². The van der Waals surface area contributed by atoms with Crippen LogP contribution in [-0.2, 0) is 9.59 Å². The summed E-state index contributed by atoms with van der Waals surface area (Å²) in [5, 5.41) is 5.75. The van der Waals surface area contributed by atoms with Crippen molar-refractivity contribution in [3.05, 3.63) is 0 Å². The Morgan fingerprint density at radius 2 is 1.86 bits per heavy atom. The minimum atomic E-state index is -0.0126. The number of rotatable bonds is 8. The molecule has 1 aliphatic rings. The first-order valence-electron chi connectivity index (χ1n) is 8.27. The fraction of sp³-hybridized carbons (Fsp3) is 0.875. The molecule has 0 saturated heterocycles. The highest BCUT2D eigenvalue weighted by atomic mass is 16.2. The topological polar surface area (TPSA) is 84.2 Å². The molecule has 21 heavy (non-hydrogen) atoms. The van der Waals surface area contributed by atoms with Gasteiger partial charge in [-0.25, -0.2) is 0 Å². The predicted octanol–water partition coefficient (Wildman–Crippen LogP) is 1.71. The van der Waals surface area contributed by atoms with Crippen LogP contribution in [-0.4, -0.2) is 30.9 Å². The Hall–Kier alpha value is -1.10. The van der Waals surface area contributed by atoms with Crippen LogP contribution in [0.1, 0.15) is 65.2 Å². The number of nitrogens with two attached hydrogens (primary N) is 1. The van der Waals surface area contributed by atoms with Gasteiger partial charge in [0.25, 0.3) is 0 Å². The van der Waals surface area contributed by atoms with Gasteiger partial charge in [0.15, 0.2) is 0 Å². The third kappa shape index (κ3) is 6.46. The monoisotopic (exact) mass is 297 g/mol. The number of hydrogen-bond donors (Lipinski definition) is 3. The van der Waals surface area contributed by atoms with E-state index < -0.39 is 0 Å². The van der Waals surface area contributed by atoms with Gasteiger partial charge in [0, 0.05) is 25.4 Å². The van der Waals surface area contributed by atoms with E-state index in [1.54, 1.807) is 0 Å². The highest BCUT2D eigenvalue weighted by Crippen LogP contribution is 2.38. The van der Waals surface area contributed by atoms with Gasteiger partial charge in [-0.1, -0.05) is 26.2 Å². The highest BCUT2D eigenvalue weighted by Gasteiger charge is 2.32. The number of carbonyl (C=O) groups is 2. The van der Waals surface area contributed by atoms with Crippen molar-refractivity contribution in [2.75, 3.05) is 13.1 Å². The quantitative estimate of drug-likeness (QED) is 0.637. The van der Waals surface area contributed by atoms with E-state index in [1.807, 2.05) is 13.8 Å². The van der Waals surface area contributed by atoms with Gasteiger partial charge in [-0.05, 0) is 38.1 Å². The zero-order chi connectivity index (χ0) is 15.7. The van der Waals surface area contributed by atoms with E-state index in [2.05, 4.69) is 10.6 Å². The third-order valence-electron chi connectivity index (χ3n) is 4.58. The van der Waals surface area contributed by atoms with Crippen LogP contribution in [0.2, 0.25) is 0 Å². The summed E-state index contributed by atoms with van der Waals surface area (Å²) < 4.78 is 0. The molecule has 0 radical (unpaired) electrons. The Kier molecular flexibility index (Phi) is 7.72. The van der Waals surface area contributed by atoms with Crippen LogP contribution in [0.25, 0.3) is 0 Å². The fourth-order valence-corrected chi connectivity index (χ4v) is 2.92. The molecule has 0 aromatic rings. The Morgan fingerprint density at radius 3 is 2.43 bits per heavy atom. The molecule has 0 aromatic heterocycles. The summed E-state index contributed by atoms with van der Waals surface area (Å²) in [5.41, 5.74) is 5.88. The van der Waals surface area contributed by atoms with Gasteiger partial charge >= 0.3 is 0 Å². The highest BCUT2D eigenvalue weighted by molar-refractivity contribution is 5.79. The normalized spacial score (nSPS) is 18.8. The smallest absolute Gasteiger partial charge is 0.221 e. The van der Waals surface area contributed by atoms with Gasteiger partial charge in [0.2, 0.25) is 11.8 Å². The Morgan fingerprint density at radius 1 is 1.19 bits per heavy atom. The van der Waals surface area contributed by atoms with E-state index in [1.165, 1.54) is 19.3 Å². The van der Waals surface area contributed by atoms with Crippen LogP contribution < -0.4 is 16.4 Å². The van der Waals surface area contributed by atoms with Crippen molar-refractivity contribution in [3.63, 3.8) is 0 Å². The molecule has 1 saturated carbocycles. The van der Waals surface area contributed by atoms with Crippen molar-refractivity contribution >= 4 is 11.8 Å². The van der Waals surface area contributed by atoms with Gasteiger partial charge < -0.3 is 16.4 Å². The summed E-state index contributed by atoms with van der Waals surface area (Å²) in [6.07, 6.45) is 7.43. The maximum Gasteiger partial charge on any atom is 0.221 e. The van der Waals surface area contributed by atoms with Crippen molar-refractivity contribution in [1.29, 1.82) is 0 Å². The molecule has 122 valence electrons. The lowest BCUT2D eigenvalue weighted by molar-refractivity contribution is -0.124. The molecule has 0 heterocycles. The lowest BCUT2D eigenvalue weighted by Crippen LogP contribution is -2.40. The van der Waals surface area contributed by atoms with E-state index in [-0.39, 0.29) is 23.3 Å². The largest absolute Gasteiger partial charge is 0.356 e. The molecule has 1 unspecified atom stereocenters. The summed E-state index contributed by atoms with van der Waals surface area (Å²) in [4.78, 5) is 23.7. The molecule has 1 atom stereocenters. The second-order valence-electron chi connectivity index (χ2n) is 6.42. The fourth-order valence-electron chi connectivity index (χ4n) is 2.92. The molecule has 5 heteroatoms. The Balaban J connectivity index is 2.25. The van der Waals surface area contributed by atoms with Crippen molar-refractivity contribution in [2.24, 2.45) is 11.1 Å². The van der Waals surface area contributed by atoms with E-state index in [0.29, 0.717) is 25.9 Å². The molecule has 4 N–H and O–H groups in total. The summed E-state index contributed by atoms with van der Waals surface area (Å²) in [6.45, 7) is 4.99. The van der Waals surface area contributed by atoms with Crippen molar-refractivity contribution in [3.8, 4) is 0 Å². The number of carbonyl (C=O) groups excluding carboxylic acids is 2. The number of hydrogen-bond acceptors (Lipinski definition) is 3. The van der Waals surface area contributed by atoms with Gasteiger partial charge in [0.05, 0.1) is 0 Å².